The number of amides is 1. The van der Waals surface area contributed by atoms with Crippen LogP contribution in [0.25, 0.3) is 5.76 Å². The number of benzene rings is 1. The fourth-order valence-corrected chi connectivity index (χ4v) is 6.48. The first kappa shape index (κ1) is 28.1. The number of hydrogen-bond acceptors (Lipinski definition) is 9. The van der Waals surface area contributed by atoms with E-state index in [0.29, 0.717) is 22.7 Å². The van der Waals surface area contributed by atoms with E-state index >= 15 is 0 Å². The van der Waals surface area contributed by atoms with Crippen LogP contribution in [-0.4, -0.2) is 86.5 Å². The number of halogens is 1. The molecule has 1 aromatic rings. The second-order valence-electron chi connectivity index (χ2n) is 10.9. The molecular weight excluding hydrogens is 514 g/mol. The number of likely N-dealkylation sites (N-methyl/N-ethyl adjacent to an activating group) is 1. The molecule has 1 amide bonds. The van der Waals surface area contributed by atoms with Gasteiger partial charge < -0.3 is 26.2 Å². The summed E-state index contributed by atoms with van der Waals surface area (Å²) >= 11 is 6.80. The van der Waals surface area contributed by atoms with Crippen LogP contribution in [0.2, 0.25) is 5.02 Å². The van der Waals surface area contributed by atoms with Crippen LogP contribution in [0.4, 0.5) is 0 Å². The van der Waals surface area contributed by atoms with E-state index in [1.165, 1.54) is 11.0 Å². The molecule has 0 aromatic heterocycles. The third-order valence-corrected chi connectivity index (χ3v) is 8.96. The molecule has 10 nitrogen and oxygen atoms in total. The average Bonchev–Trinajstić information content (AvgIpc) is 2.83. The highest BCUT2D eigenvalue weighted by molar-refractivity contribution is 6.32. The highest BCUT2D eigenvalue weighted by Crippen LogP contribution is 2.53. The van der Waals surface area contributed by atoms with Crippen molar-refractivity contribution in [2.24, 2.45) is 17.6 Å². The number of aliphatic hydroxyl groups is 3. The standard InChI is InChI=1S/C27H34ClN3O7/c1-6-11(2)31(5)10-13-9-16(32)18-14(20(13)28)7-12-8-15-21(30(3)4)23(34)19(26(29)37)25(36)27(15,38)24(35)17(12)22(18)33/h9,11-12,15,21,32-33,36,38H,6-8,10H2,1-5H3,(H2,29,37)/t11?,12-,15-,21-,27-/m0/s1. The summed E-state index contributed by atoms with van der Waals surface area (Å²) in [5, 5.41) is 45.1. The van der Waals surface area contributed by atoms with Crippen LogP contribution >= 0.6 is 11.6 Å². The van der Waals surface area contributed by atoms with Gasteiger partial charge in [0.25, 0.3) is 5.91 Å². The Hall–Kier alpha value is -2.92. The smallest absolute Gasteiger partial charge is 0.255 e. The summed E-state index contributed by atoms with van der Waals surface area (Å²) in [5.41, 5.74) is 2.74. The number of rotatable bonds is 6. The van der Waals surface area contributed by atoms with Crippen LogP contribution in [0, 0.1) is 11.8 Å². The quantitative estimate of drug-likeness (QED) is 0.334. The Morgan fingerprint density at radius 1 is 1.24 bits per heavy atom. The summed E-state index contributed by atoms with van der Waals surface area (Å²) in [6.07, 6.45) is 1.08. The van der Waals surface area contributed by atoms with E-state index in [1.807, 2.05) is 7.05 Å². The zero-order chi connectivity index (χ0) is 28.4. The second kappa shape index (κ2) is 9.68. The van der Waals surface area contributed by atoms with Crippen molar-refractivity contribution in [3.05, 3.63) is 44.7 Å². The minimum atomic E-state index is -2.66. The number of phenolic OH excluding ortho intramolecular Hbond substituents is 1. The first-order valence-electron chi connectivity index (χ1n) is 12.6. The van der Waals surface area contributed by atoms with E-state index in [4.69, 9.17) is 17.3 Å². The highest BCUT2D eigenvalue weighted by Gasteiger charge is 2.64. The molecule has 1 fully saturated rings. The van der Waals surface area contributed by atoms with E-state index < -0.39 is 58.0 Å². The third kappa shape index (κ3) is 3.93. The maximum Gasteiger partial charge on any atom is 0.255 e. The van der Waals surface area contributed by atoms with Gasteiger partial charge in [0, 0.05) is 29.1 Å². The monoisotopic (exact) mass is 547 g/mol. The van der Waals surface area contributed by atoms with Crippen LogP contribution in [0.15, 0.2) is 23.0 Å². The number of fused-ring (bicyclic) bond motifs is 3. The summed E-state index contributed by atoms with van der Waals surface area (Å²) in [6.45, 7) is 4.58. The molecule has 1 unspecified atom stereocenters. The highest BCUT2D eigenvalue weighted by atomic mass is 35.5. The first-order chi connectivity index (χ1) is 17.7. The number of nitrogens with two attached hydrogens (primary N) is 1. The van der Waals surface area contributed by atoms with Crippen molar-refractivity contribution in [1.82, 2.24) is 9.80 Å². The van der Waals surface area contributed by atoms with Gasteiger partial charge in [0.15, 0.2) is 11.4 Å². The average molecular weight is 548 g/mol. The van der Waals surface area contributed by atoms with Crippen LogP contribution in [0.3, 0.4) is 0 Å². The van der Waals surface area contributed by atoms with Crippen molar-refractivity contribution in [1.29, 1.82) is 0 Å². The molecule has 1 aromatic carbocycles. The maximum atomic E-state index is 13.8. The molecule has 3 aliphatic rings. The molecule has 38 heavy (non-hydrogen) atoms. The van der Waals surface area contributed by atoms with Crippen LogP contribution in [0.5, 0.6) is 5.75 Å². The zero-order valence-corrected chi connectivity index (χ0v) is 22.8. The van der Waals surface area contributed by atoms with Crippen LogP contribution < -0.4 is 5.73 Å². The van der Waals surface area contributed by atoms with Gasteiger partial charge in [-0.15, -0.1) is 0 Å². The molecule has 5 atom stereocenters. The third-order valence-electron chi connectivity index (χ3n) is 8.49. The number of nitrogens with zero attached hydrogens (tertiary/aromatic N) is 2. The van der Waals surface area contributed by atoms with Crippen molar-refractivity contribution in [3.63, 3.8) is 0 Å². The molecule has 0 aliphatic heterocycles. The molecule has 0 saturated heterocycles. The minimum absolute atomic E-state index is 0.0127. The van der Waals surface area contributed by atoms with E-state index in [0.717, 1.165) is 6.42 Å². The Labute approximate surface area is 226 Å². The number of primary amides is 1. The summed E-state index contributed by atoms with van der Waals surface area (Å²) in [4.78, 5) is 42.6. The molecule has 0 heterocycles. The Morgan fingerprint density at radius 2 is 1.87 bits per heavy atom. The minimum Gasteiger partial charge on any atom is -0.508 e. The number of ketones is 2. The Kier molecular flexibility index (Phi) is 7.15. The van der Waals surface area contributed by atoms with Gasteiger partial charge in [-0.3, -0.25) is 24.2 Å². The number of carbonyl (C=O) groups excluding carboxylic acids is 3. The predicted molar refractivity (Wildman–Crippen MR) is 140 cm³/mol. The van der Waals surface area contributed by atoms with Crippen LogP contribution in [-0.2, 0) is 27.3 Å². The molecular formula is C27H34ClN3O7. The molecule has 0 radical (unpaired) electrons. The van der Waals surface area contributed by atoms with Crippen LogP contribution in [0.1, 0.15) is 43.4 Å². The van der Waals surface area contributed by atoms with Gasteiger partial charge in [-0.05, 0) is 70.4 Å². The van der Waals surface area contributed by atoms with Crippen molar-refractivity contribution in [2.75, 3.05) is 21.1 Å². The van der Waals surface area contributed by atoms with E-state index in [9.17, 15) is 34.8 Å². The molecule has 1 saturated carbocycles. The lowest BCUT2D eigenvalue weighted by molar-refractivity contribution is -0.153. The van der Waals surface area contributed by atoms with E-state index in [-0.39, 0.29) is 35.8 Å². The number of Topliss-reactive ketones (excluding diaryl/α,β-unsaturated/α-hetero) is 2. The molecule has 6 N–H and O–H groups in total. The molecule has 11 heteroatoms. The van der Waals surface area contributed by atoms with Gasteiger partial charge in [0.1, 0.15) is 22.8 Å². The Balaban J connectivity index is 1.89. The van der Waals surface area contributed by atoms with Crippen molar-refractivity contribution < 1.29 is 34.8 Å². The van der Waals surface area contributed by atoms with Gasteiger partial charge in [-0.2, -0.15) is 0 Å². The SMILES string of the molecule is CCC(C)N(C)Cc1cc(O)c2c(c1Cl)C[C@H]1C[C@H]3[C@H](N(C)C)C(=O)C(C(N)=O)=C(O)[C@@]3(O)C(=O)C1=C2O. The van der Waals surface area contributed by atoms with Crippen molar-refractivity contribution in [2.45, 2.75) is 57.3 Å². The number of phenols is 1. The lowest BCUT2D eigenvalue weighted by Gasteiger charge is -2.50. The largest absolute Gasteiger partial charge is 0.508 e. The van der Waals surface area contributed by atoms with Gasteiger partial charge in [-0.25, -0.2) is 0 Å². The van der Waals surface area contributed by atoms with E-state index in [1.54, 1.807) is 14.1 Å². The molecule has 206 valence electrons. The molecule has 3 aliphatic carbocycles. The van der Waals surface area contributed by atoms with Gasteiger partial charge in [0.2, 0.25) is 5.78 Å². The van der Waals surface area contributed by atoms with Gasteiger partial charge >= 0.3 is 0 Å². The molecule has 0 spiro atoms. The number of aromatic hydroxyl groups is 1. The number of carbonyl (C=O) groups is 3. The maximum absolute atomic E-state index is 13.8. The van der Waals surface area contributed by atoms with Gasteiger partial charge in [0.05, 0.1) is 11.6 Å². The Morgan fingerprint density at radius 3 is 2.42 bits per heavy atom. The van der Waals surface area contributed by atoms with E-state index in [2.05, 4.69) is 18.7 Å². The second-order valence-corrected chi connectivity index (χ2v) is 11.2. The number of aliphatic hydroxyl groups excluding tert-OH is 2. The normalized spacial score (nSPS) is 28.0. The molecule has 4 rings (SSSR count). The van der Waals surface area contributed by atoms with Crippen molar-refractivity contribution >= 4 is 34.8 Å². The van der Waals surface area contributed by atoms with Crippen molar-refractivity contribution in [3.8, 4) is 5.75 Å². The van der Waals surface area contributed by atoms with Gasteiger partial charge in [-0.1, -0.05) is 18.5 Å². The fourth-order valence-electron chi connectivity index (χ4n) is 6.20. The fraction of sp³-hybridized carbons (Fsp3) is 0.519. The first-order valence-corrected chi connectivity index (χ1v) is 12.9. The zero-order valence-electron chi connectivity index (χ0n) is 22.1. The topological polar surface area (TPSA) is 165 Å². The summed E-state index contributed by atoms with van der Waals surface area (Å²) in [6, 6.07) is 0.578. The summed E-state index contributed by atoms with van der Waals surface area (Å²) in [7, 11) is 5.06. The lowest BCUT2D eigenvalue weighted by atomic mass is 9.57. The summed E-state index contributed by atoms with van der Waals surface area (Å²) < 4.78 is 0. The predicted octanol–water partition coefficient (Wildman–Crippen LogP) is 1.85. The summed E-state index contributed by atoms with van der Waals surface area (Å²) in [5.74, 6) is -6.85. The lowest BCUT2D eigenvalue weighted by Crippen LogP contribution is -2.65. The molecule has 0 bridgehead atoms. The number of hydrogen-bond donors (Lipinski definition) is 5. The Bertz CT molecular complexity index is 1300.